The van der Waals surface area contributed by atoms with E-state index >= 15 is 0 Å². The molecule has 1 aliphatic heterocycles. The normalized spacial score (nSPS) is 12.9. The summed E-state index contributed by atoms with van der Waals surface area (Å²) in [5.74, 6) is 3.95. The molecule has 3 heterocycles. The Morgan fingerprint density at radius 3 is 1.41 bits per heavy atom. The lowest BCUT2D eigenvalue weighted by Gasteiger charge is -2.32. The topological polar surface area (TPSA) is 104 Å². The predicted octanol–water partition coefficient (Wildman–Crippen LogP) is 13.8. The molecule has 9 rings (SSSR count). The van der Waals surface area contributed by atoms with Gasteiger partial charge in [0.05, 0.1) is 28.4 Å². The van der Waals surface area contributed by atoms with E-state index in [0.717, 1.165) is 95.7 Å². The zero-order chi connectivity index (χ0) is 47.6. The minimum absolute atomic E-state index is 0.00478. The number of hydrogen-bond donors (Lipinski definition) is 1. The van der Waals surface area contributed by atoms with E-state index in [4.69, 9.17) is 23.7 Å². The predicted molar refractivity (Wildman–Crippen MR) is 276 cm³/mol. The van der Waals surface area contributed by atoms with Gasteiger partial charge in [-0.25, -0.2) is 0 Å². The van der Waals surface area contributed by atoms with Crippen LogP contribution in [0.25, 0.3) is 41.1 Å². The summed E-state index contributed by atoms with van der Waals surface area (Å²) in [7, 11) is 6.57. The van der Waals surface area contributed by atoms with E-state index in [1.807, 2.05) is 109 Å². The Kier molecular flexibility index (Phi) is 15.8. The standard InChI is InChI=1S/C34H39NO4S.C23H18O4S/c1-4-5-6-7-20-35-21-18-28(19-22-35)39-27-14-8-24(9-15-27)33(36)32-30-17-16-29(38-3)23-31(30)40-34(32)25-10-12-26(37-2)13-11-25;1-26-17-9-5-15(6-10-17)23-21(22(25)14-3-7-16(24)8-4-14)19-12-11-18(27-2)13-20(19)28-23/h8-17,23,28H,4-7,18-22H2,1-3H3;3-13,24H,1-2H3. The van der Waals surface area contributed by atoms with Crippen molar-refractivity contribution >= 4 is 54.4 Å². The van der Waals surface area contributed by atoms with E-state index in [1.54, 1.807) is 63.2 Å². The molecule has 0 radical (unpaired) electrons. The van der Waals surface area contributed by atoms with Gasteiger partial charge in [-0.05, 0) is 170 Å². The van der Waals surface area contributed by atoms with Crippen LogP contribution >= 0.6 is 22.7 Å². The van der Waals surface area contributed by atoms with E-state index in [2.05, 4.69) is 11.8 Å². The number of piperidine rings is 1. The molecule has 2 aromatic heterocycles. The second-order valence-corrected chi connectivity index (χ2v) is 18.8. The number of benzene rings is 6. The number of ketones is 2. The molecule has 6 aromatic carbocycles. The van der Waals surface area contributed by atoms with Gasteiger partial charge in [-0.3, -0.25) is 9.59 Å². The third kappa shape index (κ3) is 11.0. The van der Waals surface area contributed by atoms with E-state index in [9.17, 15) is 14.7 Å². The van der Waals surface area contributed by atoms with Crippen LogP contribution in [-0.2, 0) is 0 Å². The minimum Gasteiger partial charge on any atom is -0.508 e. The Balaban J connectivity index is 0.000000196. The number of aromatic hydroxyl groups is 1. The van der Waals surface area contributed by atoms with Crippen molar-refractivity contribution in [3.63, 3.8) is 0 Å². The van der Waals surface area contributed by atoms with E-state index < -0.39 is 0 Å². The molecule has 0 spiro atoms. The molecule has 0 saturated carbocycles. The number of carbonyl (C=O) groups is 2. The van der Waals surface area contributed by atoms with Crippen LogP contribution in [0.5, 0.6) is 34.5 Å². The lowest BCUT2D eigenvalue weighted by Crippen LogP contribution is -2.38. The van der Waals surface area contributed by atoms with Gasteiger partial charge in [0.25, 0.3) is 0 Å². The first kappa shape index (κ1) is 47.8. The largest absolute Gasteiger partial charge is 0.508 e. The maximum absolute atomic E-state index is 14.0. The van der Waals surface area contributed by atoms with E-state index in [1.165, 1.54) is 44.4 Å². The van der Waals surface area contributed by atoms with Crippen molar-refractivity contribution < 1.29 is 38.4 Å². The summed E-state index contributed by atoms with van der Waals surface area (Å²) < 4.78 is 29.7. The highest BCUT2D eigenvalue weighted by molar-refractivity contribution is 7.23. The van der Waals surface area contributed by atoms with Crippen LogP contribution in [0, 0.1) is 0 Å². The Labute approximate surface area is 406 Å². The molecule has 0 amide bonds. The smallest absolute Gasteiger partial charge is 0.195 e. The van der Waals surface area contributed by atoms with E-state index in [0.29, 0.717) is 22.3 Å². The molecule has 11 heteroatoms. The van der Waals surface area contributed by atoms with Crippen molar-refractivity contribution in [3.05, 3.63) is 156 Å². The first-order chi connectivity index (χ1) is 33.2. The fourth-order valence-corrected chi connectivity index (χ4v) is 11.0. The molecule has 0 bridgehead atoms. The molecule has 8 aromatic rings. The molecule has 68 heavy (non-hydrogen) atoms. The zero-order valence-corrected chi connectivity index (χ0v) is 40.8. The van der Waals surface area contributed by atoms with Crippen LogP contribution in [0.15, 0.2) is 133 Å². The Morgan fingerprint density at radius 2 is 0.971 bits per heavy atom. The second-order valence-electron chi connectivity index (χ2n) is 16.7. The number of unbranched alkanes of at least 4 members (excludes halogenated alkanes) is 3. The molecule has 0 atom stereocenters. The summed E-state index contributed by atoms with van der Waals surface area (Å²) in [5.41, 5.74) is 4.48. The quantitative estimate of drug-likeness (QED) is 0.0706. The summed E-state index contributed by atoms with van der Waals surface area (Å²) >= 11 is 3.16. The number of nitrogens with zero attached hydrogens (tertiary/aromatic N) is 1. The number of methoxy groups -OCH3 is 4. The van der Waals surface area contributed by atoms with Crippen LogP contribution in [-0.4, -0.2) is 75.8 Å². The summed E-state index contributed by atoms with van der Waals surface area (Å²) in [6.45, 7) is 5.65. The maximum Gasteiger partial charge on any atom is 0.195 e. The summed E-state index contributed by atoms with van der Waals surface area (Å²) in [6.07, 6.45) is 7.55. The van der Waals surface area contributed by atoms with Crippen LogP contribution in [0.3, 0.4) is 0 Å². The van der Waals surface area contributed by atoms with Gasteiger partial charge in [-0.15, -0.1) is 22.7 Å². The Bertz CT molecular complexity index is 2950. The first-order valence-electron chi connectivity index (χ1n) is 23.1. The summed E-state index contributed by atoms with van der Waals surface area (Å²) in [6, 6.07) is 41.2. The minimum atomic E-state index is -0.0813. The SMILES string of the molecule is CCCCCCN1CCC(Oc2ccc(C(=O)c3c(-c4ccc(OC)cc4)sc4cc(OC)ccc34)cc2)CC1.COc1ccc(-c2sc3cc(OC)ccc3c2C(=O)c2ccc(O)cc2)cc1. The van der Waals surface area contributed by atoms with Gasteiger partial charge in [-0.2, -0.15) is 0 Å². The molecule has 0 aliphatic carbocycles. The van der Waals surface area contributed by atoms with Gasteiger partial charge >= 0.3 is 0 Å². The highest BCUT2D eigenvalue weighted by Crippen LogP contribution is 2.43. The third-order valence-corrected chi connectivity index (χ3v) is 14.8. The number of carbonyl (C=O) groups excluding carboxylic acids is 2. The van der Waals surface area contributed by atoms with Crippen LogP contribution in [0.1, 0.15) is 77.3 Å². The van der Waals surface area contributed by atoms with Crippen molar-refractivity contribution in [3.8, 4) is 55.4 Å². The lowest BCUT2D eigenvalue weighted by molar-refractivity contribution is 0.0994. The molecule has 1 N–H and O–H groups in total. The van der Waals surface area contributed by atoms with E-state index in [-0.39, 0.29) is 23.4 Å². The monoisotopic (exact) mass is 947 g/mol. The summed E-state index contributed by atoms with van der Waals surface area (Å²) in [5, 5.41) is 11.4. The van der Waals surface area contributed by atoms with Gasteiger partial charge in [0.1, 0.15) is 40.6 Å². The van der Waals surface area contributed by atoms with Gasteiger partial charge in [-0.1, -0.05) is 26.2 Å². The number of fused-ring (bicyclic) bond motifs is 2. The fraction of sp³-hybridized carbons (Fsp3) is 0.263. The number of hydrogen-bond acceptors (Lipinski definition) is 11. The van der Waals surface area contributed by atoms with Gasteiger partial charge < -0.3 is 33.7 Å². The fourth-order valence-electron chi connectivity index (χ4n) is 8.54. The molecule has 1 aliphatic rings. The zero-order valence-electron chi connectivity index (χ0n) is 39.2. The molecular weight excluding hydrogens is 891 g/mol. The number of thiophene rings is 2. The number of rotatable bonds is 17. The van der Waals surface area contributed by atoms with Crippen molar-refractivity contribution in [2.75, 3.05) is 48.1 Å². The molecular formula is C57H57NO8S2. The average Bonchev–Trinajstić information content (AvgIpc) is 3.97. The third-order valence-electron chi connectivity index (χ3n) is 12.4. The number of likely N-dealkylation sites (tertiary alicyclic amines) is 1. The second kappa shape index (κ2) is 22.4. The molecule has 1 fully saturated rings. The summed E-state index contributed by atoms with van der Waals surface area (Å²) in [4.78, 5) is 31.7. The average molecular weight is 948 g/mol. The Hall–Kier alpha value is -6.66. The number of phenolic OH excluding ortho intramolecular Hbond substituents is 1. The molecule has 9 nitrogen and oxygen atoms in total. The van der Waals surface area contributed by atoms with Crippen LogP contribution in [0.2, 0.25) is 0 Å². The number of phenols is 1. The van der Waals surface area contributed by atoms with Gasteiger partial charge in [0.15, 0.2) is 11.6 Å². The highest BCUT2D eigenvalue weighted by Gasteiger charge is 2.25. The van der Waals surface area contributed by atoms with Crippen molar-refractivity contribution in [2.24, 2.45) is 0 Å². The molecule has 0 unspecified atom stereocenters. The maximum atomic E-state index is 14.0. The highest BCUT2D eigenvalue weighted by atomic mass is 32.1. The molecule has 1 saturated heterocycles. The van der Waals surface area contributed by atoms with Crippen LogP contribution < -0.4 is 23.7 Å². The van der Waals surface area contributed by atoms with Crippen LogP contribution in [0.4, 0.5) is 0 Å². The van der Waals surface area contributed by atoms with Crippen molar-refractivity contribution in [1.29, 1.82) is 0 Å². The molecule has 350 valence electrons. The van der Waals surface area contributed by atoms with Gasteiger partial charge in [0.2, 0.25) is 0 Å². The lowest BCUT2D eigenvalue weighted by atomic mass is 9.97. The van der Waals surface area contributed by atoms with Gasteiger partial charge in [0, 0.05) is 65.3 Å². The Morgan fingerprint density at radius 1 is 0.544 bits per heavy atom. The van der Waals surface area contributed by atoms with Crippen molar-refractivity contribution in [2.45, 2.75) is 51.6 Å². The first-order valence-corrected chi connectivity index (χ1v) is 24.7. The number of ether oxygens (including phenoxy) is 5. The van der Waals surface area contributed by atoms with Crippen molar-refractivity contribution in [1.82, 2.24) is 4.90 Å².